The van der Waals surface area contributed by atoms with Gasteiger partial charge in [-0.05, 0) is 0 Å². The van der Waals surface area contributed by atoms with Crippen molar-refractivity contribution in [2.75, 3.05) is 0 Å². The number of rotatable bonds is 3. The summed E-state index contributed by atoms with van der Waals surface area (Å²) in [5, 5.41) is 6.89. The zero-order valence-corrected chi connectivity index (χ0v) is 7.60. The maximum Gasteiger partial charge on any atom is 0.124 e. The van der Waals surface area contributed by atoms with Gasteiger partial charge in [0.05, 0.1) is 5.69 Å². The molecule has 0 spiro atoms. The van der Waals surface area contributed by atoms with Crippen LogP contribution in [0.1, 0.15) is 5.56 Å². The van der Waals surface area contributed by atoms with E-state index in [1.807, 2.05) is 30.3 Å². The second-order valence-electron chi connectivity index (χ2n) is 3.00. The van der Waals surface area contributed by atoms with E-state index in [0.29, 0.717) is 6.42 Å². The number of H-pyrrole nitrogens is 1. The van der Waals surface area contributed by atoms with Crippen LogP contribution in [-0.2, 0) is 11.2 Å². The molecular weight excluding hydrogens is 176 g/mol. The lowest BCUT2D eigenvalue weighted by Crippen LogP contribution is -1.87. The van der Waals surface area contributed by atoms with Crippen LogP contribution in [0, 0.1) is 0 Å². The van der Waals surface area contributed by atoms with E-state index in [2.05, 4.69) is 10.2 Å². The summed E-state index contributed by atoms with van der Waals surface area (Å²) >= 11 is 0. The topological polar surface area (TPSA) is 45.8 Å². The third-order valence-electron chi connectivity index (χ3n) is 2.07. The zero-order valence-electron chi connectivity index (χ0n) is 7.60. The van der Waals surface area contributed by atoms with Crippen LogP contribution in [0.15, 0.2) is 36.5 Å². The highest BCUT2D eigenvalue weighted by Gasteiger charge is 2.06. The fraction of sp³-hybridized carbons (Fsp3) is 0.0909. The van der Waals surface area contributed by atoms with Crippen LogP contribution in [0.2, 0.25) is 0 Å². The standard InChI is InChI=1S/C11H10N2O/c14-7-6-10-8-12-13-11(10)9-4-2-1-3-5-9/h1-5,7-8H,6H2,(H,12,13). The predicted molar refractivity (Wildman–Crippen MR) is 53.8 cm³/mol. The van der Waals surface area contributed by atoms with Crippen molar-refractivity contribution in [1.82, 2.24) is 10.2 Å². The first kappa shape index (κ1) is 8.69. The van der Waals surface area contributed by atoms with E-state index in [4.69, 9.17) is 0 Å². The van der Waals surface area contributed by atoms with Crippen molar-refractivity contribution >= 4 is 6.29 Å². The number of aldehydes is 1. The minimum Gasteiger partial charge on any atom is -0.303 e. The number of aromatic nitrogens is 2. The van der Waals surface area contributed by atoms with Crippen molar-refractivity contribution in [3.8, 4) is 11.3 Å². The second-order valence-corrected chi connectivity index (χ2v) is 3.00. The molecule has 1 heterocycles. The van der Waals surface area contributed by atoms with Gasteiger partial charge in [0.15, 0.2) is 0 Å². The Morgan fingerprint density at radius 2 is 2.07 bits per heavy atom. The van der Waals surface area contributed by atoms with Gasteiger partial charge in [0.25, 0.3) is 0 Å². The van der Waals surface area contributed by atoms with Crippen molar-refractivity contribution in [3.05, 3.63) is 42.1 Å². The first-order chi connectivity index (χ1) is 6.92. The maximum absolute atomic E-state index is 10.4. The Morgan fingerprint density at radius 3 is 2.79 bits per heavy atom. The van der Waals surface area contributed by atoms with Gasteiger partial charge in [0.2, 0.25) is 0 Å². The highest BCUT2D eigenvalue weighted by atomic mass is 16.1. The molecule has 3 heteroatoms. The molecule has 1 aromatic carbocycles. The molecule has 0 fully saturated rings. The minimum atomic E-state index is 0.403. The Hall–Kier alpha value is -1.90. The lowest BCUT2D eigenvalue weighted by molar-refractivity contribution is -0.107. The van der Waals surface area contributed by atoms with Crippen molar-refractivity contribution in [2.45, 2.75) is 6.42 Å². The average Bonchev–Trinajstić information content (AvgIpc) is 2.68. The summed E-state index contributed by atoms with van der Waals surface area (Å²) in [6.45, 7) is 0. The van der Waals surface area contributed by atoms with E-state index in [-0.39, 0.29) is 0 Å². The van der Waals surface area contributed by atoms with Crippen LogP contribution >= 0.6 is 0 Å². The van der Waals surface area contributed by atoms with Gasteiger partial charge in [0, 0.05) is 23.7 Å². The van der Waals surface area contributed by atoms with E-state index in [9.17, 15) is 4.79 Å². The maximum atomic E-state index is 10.4. The zero-order chi connectivity index (χ0) is 9.80. The van der Waals surface area contributed by atoms with E-state index in [0.717, 1.165) is 23.1 Å². The fourth-order valence-electron chi connectivity index (χ4n) is 1.41. The highest BCUT2D eigenvalue weighted by Crippen LogP contribution is 2.20. The van der Waals surface area contributed by atoms with E-state index in [1.54, 1.807) is 6.20 Å². The Bertz CT molecular complexity index is 420. The molecule has 3 nitrogen and oxygen atoms in total. The van der Waals surface area contributed by atoms with E-state index < -0.39 is 0 Å². The summed E-state index contributed by atoms with van der Waals surface area (Å²) in [7, 11) is 0. The lowest BCUT2D eigenvalue weighted by Gasteiger charge is -1.97. The Labute approximate surface area is 81.8 Å². The number of hydrogen-bond acceptors (Lipinski definition) is 2. The number of nitrogens with one attached hydrogen (secondary N) is 1. The molecule has 0 amide bonds. The molecule has 0 unspecified atom stereocenters. The van der Waals surface area contributed by atoms with Crippen molar-refractivity contribution in [2.24, 2.45) is 0 Å². The summed E-state index contributed by atoms with van der Waals surface area (Å²) in [5.41, 5.74) is 2.83. The number of benzene rings is 1. The molecule has 0 radical (unpaired) electrons. The van der Waals surface area contributed by atoms with Crippen LogP contribution in [-0.4, -0.2) is 16.5 Å². The summed E-state index contributed by atoms with van der Waals surface area (Å²) in [4.78, 5) is 10.4. The van der Waals surface area contributed by atoms with Crippen molar-refractivity contribution < 1.29 is 4.79 Å². The molecular formula is C11H10N2O. The van der Waals surface area contributed by atoms with Crippen molar-refractivity contribution in [1.29, 1.82) is 0 Å². The number of hydrogen-bond donors (Lipinski definition) is 1. The SMILES string of the molecule is O=CCc1c[nH]nc1-c1ccccc1. The molecule has 0 saturated carbocycles. The molecule has 2 aromatic rings. The number of aromatic amines is 1. The normalized spacial score (nSPS) is 10.0. The van der Waals surface area contributed by atoms with Crippen LogP contribution in [0.3, 0.4) is 0 Å². The molecule has 70 valence electrons. The first-order valence-corrected chi connectivity index (χ1v) is 4.43. The van der Waals surface area contributed by atoms with E-state index >= 15 is 0 Å². The molecule has 0 aliphatic heterocycles. The van der Waals surface area contributed by atoms with Gasteiger partial charge < -0.3 is 4.79 Å². The molecule has 0 aliphatic rings. The Morgan fingerprint density at radius 1 is 1.29 bits per heavy atom. The van der Waals surface area contributed by atoms with Gasteiger partial charge in [-0.3, -0.25) is 5.10 Å². The molecule has 0 saturated heterocycles. The monoisotopic (exact) mass is 186 g/mol. The third-order valence-corrected chi connectivity index (χ3v) is 2.07. The molecule has 0 atom stereocenters. The van der Waals surface area contributed by atoms with Crippen molar-refractivity contribution in [3.63, 3.8) is 0 Å². The quantitative estimate of drug-likeness (QED) is 0.743. The minimum absolute atomic E-state index is 0.403. The smallest absolute Gasteiger partial charge is 0.124 e. The molecule has 1 aromatic heterocycles. The summed E-state index contributed by atoms with van der Waals surface area (Å²) in [5.74, 6) is 0. The third kappa shape index (κ3) is 1.57. The second kappa shape index (κ2) is 3.87. The van der Waals surface area contributed by atoms with Crippen LogP contribution in [0.5, 0.6) is 0 Å². The average molecular weight is 186 g/mol. The largest absolute Gasteiger partial charge is 0.303 e. The van der Waals surface area contributed by atoms with Gasteiger partial charge in [-0.1, -0.05) is 30.3 Å². The molecule has 14 heavy (non-hydrogen) atoms. The molecule has 0 aliphatic carbocycles. The Balaban J connectivity index is 2.41. The molecule has 0 bridgehead atoms. The highest BCUT2D eigenvalue weighted by molar-refractivity contribution is 5.67. The molecule has 2 rings (SSSR count). The Kier molecular flexibility index (Phi) is 2.40. The first-order valence-electron chi connectivity index (χ1n) is 4.43. The van der Waals surface area contributed by atoms with Gasteiger partial charge in [-0.15, -0.1) is 0 Å². The van der Waals surface area contributed by atoms with Crippen LogP contribution < -0.4 is 0 Å². The van der Waals surface area contributed by atoms with Crippen LogP contribution in [0.4, 0.5) is 0 Å². The lowest BCUT2D eigenvalue weighted by atomic mass is 10.1. The summed E-state index contributed by atoms with van der Waals surface area (Å²) < 4.78 is 0. The summed E-state index contributed by atoms with van der Waals surface area (Å²) in [6, 6.07) is 9.81. The van der Waals surface area contributed by atoms with Gasteiger partial charge in [0.1, 0.15) is 6.29 Å². The van der Waals surface area contributed by atoms with Crippen LogP contribution in [0.25, 0.3) is 11.3 Å². The number of carbonyl (C=O) groups excluding carboxylic acids is 1. The van der Waals surface area contributed by atoms with Gasteiger partial charge >= 0.3 is 0 Å². The number of carbonyl (C=O) groups is 1. The van der Waals surface area contributed by atoms with Gasteiger partial charge in [-0.25, -0.2) is 0 Å². The molecule has 1 N–H and O–H groups in total. The fourth-order valence-corrected chi connectivity index (χ4v) is 1.41. The number of nitrogens with zero attached hydrogens (tertiary/aromatic N) is 1. The summed E-state index contributed by atoms with van der Waals surface area (Å²) in [6.07, 6.45) is 3.05. The van der Waals surface area contributed by atoms with Gasteiger partial charge in [-0.2, -0.15) is 5.10 Å². The van der Waals surface area contributed by atoms with E-state index in [1.165, 1.54) is 0 Å². The predicted octanol–water partition coefficient (Wildman–Crippen LogP) is 1.82.